The predicted molar refractivity (Wildman–Crippen MR) is 128 cm³/mol. The van der Waals surface area contributed by atoms with Gasteiger partial charge >= 0.3 is 6.01 Å². The Kier molecular flexibility index (Phi) is 5.74. The van der Waals surface area contributed by atoms with Crippen LogP contribution in [0.3, 0.4) is 0 Å². The van der Waals surface area contributed by atoms with E-state index in [0.717, 1.165) is 43.9 Å². The summed E-state index contributed by atoms with van der Waals surface area (Å²) in [5, 5.41) is 0. The highest BCUT2D eigenvalue weighted by molar-refractivity contribution is 5.61. The number of nitrogens with zero attached hydrogens (tertiary/aromatic N) is 4. The van der Waals surface area contributed by atoms with Crippen LogP contribution in [0.2, 0.25) is 0 Å². The molecule has 1 unspecified atom stereocenters. The molecule has 2 aromatic rings. The first-order valence-corrected chi connectivity index (χ1v) is 12.1. The van der Waals surface area contributed by atoms with Crippen molar-refractivity contribution in [3.63, 3.8) is 0 Å². The van der Waals surface area contributed by atoms with Gasteiger partial charge < -0.3 is 19.3 Å². The number of hydrogen-bond acceptors (Lipinski definition) is 6. The Morgan fingerprint density at radius 2 is 1.81 bits per heavy atom. The van der Waals surface area contributed by atoms with Crippen LogP contribution >= 0.6 is 0 Å². The molecule has 1 aromatic heterocycles. The van der Waals surface area contributed by atoms with Gasteiger partial charge in [-0.15, -0.1) is 0 Å². The topological polar surface area (TPSA) is 50.7 Å². The number of aromatic nitrogens is 2. The van der Waals surface area contributed by atoms with E-state index in [1.54, 1.807) is 7.11 Å². The molecule has 0 amide bonds. The summed E-state index contributed by atoms with van der Waals surface area (Å²) in [6, 6.07) is 8.38. The van der Waals surface area contributed by atoms with Crippen LogP contribution in [0.25, 0.3) is 0 Å². The zero-order valence-corrected chi connectivity index (χ0v) is 20.1. The standard InChI is InChI=1S/C26H36N4O2/c1-16(2)18-7-6-17(3)24(12-18)29-11-10-23-22(15-29)25(28-26(27-23)32-5)30-19-8-9-20(30)14-21(13-19)31-4/h6-7,12,16,19-21H,8-11,13-15H2,1-5H3/t19-,20+,21?. The Hall–Kier alpha value is -2.34. The second-order valence-corrected chi connectivity index (χ2v) is 9.95. The first-order chi connectivity index (χ1) is 15.5. The molecule has 5 rings (SSSR count). The van der Waals surface area contributed by atoms with Crippen molar-refractivity contribution >= 4 is 11.5 Å². The molecule has 32 heavy (non-hydrogen) atoms. The molecule has 3 atom stereocenters. The van der Waals surface area contributed by atoms with E-state index in [2.05, 4.69) is 48.8 Å². The third kappa shape index (κ3) is 3.72. The van der Waals surface area contributed by atoms with Gasteiger partial charge in [-0.25, -0.2) is 0 Å². The normalized spacial score (nSPS) is 24.8. The predicted octanol–water partition coefficient (Wildman–Crippen LogP) is 4.63. The summed E-state index contributed by atoms with van der Waals surface area (Å²) in [5.74, 6) is 1.61. The summed E-state index contributed by atoms with van der Waals surface area (Å²) >= 11 is 0. The van der Waals surface area contributed by atoms with E-state index in [4.69, 9.17) is 19.4 Å². The van der Waals surface area contributed by atoms with E-state index in [0.29, 0.717) is 30.1 Å². The van der Waals surface area contributed by atoms with Gasteiger partial charge in [0.15, 0.2) is 0 Å². The third-order valence-corrected chi connectivity index (χ3v) is 7.71. The van der Waals surface area contributed by atoms with Crippen LogP contribution in [0.15, 0.2) is 18.2 Å². The minimum Gasteiger partial charge on any atom is -0.467 e. The highest BCUT2D eigenvalue weighted by Gasteiger charge is 2.43. The molecule has 172 valence electrons. The average molecular weight is 437 g/mol. The molecule has 6 nitrogen and oxygen atoms in total. The summed E-state index contributed by atoms with van der Waals surface area (Å²) in [5.41, 5.74) is 6.48. The van der Waals surface area contributed by atoms with Crippen LogP contribution in [0.1, 0.15) is 67.8 Å². The van der Waals surface area contributed by atoms with Crippen molar-refractivity contribution in [2.24, 2.45) is 0 Å². The molecule has 3 aliphatic rings. The molecule has 0 spiro atoms. The molecule has 2 fully saturated rings. The van der Waals surface area contributed by atoms with Gasteiger partial charge in [0.2, 0.25) is 0 Å². The number of aryl methyl sites for hydroxylation is 1. The lowest BCUT2D eigenvalue weighted by Crippen LogP contribution is -2.47. The van der Waals surface area contributed by atoms with Gasteiger partial charge in [0, 0.05) is 50.0 Å². The van der Waals surface area contributed by atoms with Crippen molar-refractivity contribution in [3.8, 4) is 6.01 Å². The number of ether oxygens (including phenoxy) is 2. The summed E-state index contributed by atoms with van der Waals surface area (Å²) in [7, 11) is 3.52. The quantitative estimate of drug-likeness (QED) is 0.681. The maximum atomic E-state index is 5.74. The molecule has 0 radical (unpaired) electrons. The number of piperidine rings is 1. The summed E-state index contributed by atoms with van der Waals surface area (Å²) in [4.78, 5) is 14.8. The number of fused-ring (bicyclic) bond motifs is 3. The number of hydrogen-bond donors (Lipinski definition) is 0. The van der Waals surface area contributed by atoms with E-state index >= 15 is 0 Å². The van der Waals surface area contributed by atoms with Crippen LogP contribution in [0.5, 0.6) is 6.01 Å². The van der Waals surface area contributed by atoms with Crippen molar-refractivity contribution < 1.29 is 9.47 Å². The van der Waals surface area contributed by atoms with E-state index in [-0.39, 0.29) is 0 Å². The minimum atomic E-state index is 0.362. The molecule has 6 heteroatoms. The van der Waals surface area contributed by atoms with Crippen molar-refractivity contribution in [2.45, 2.75) is 83.5 Å². The van der Waals surface area contributed by atoms with Crippen LogP contribution < -0.4 is 14.5 Å². The van der Waals surface area contributed by atoms with Crippen LogP contribution in [0, 0.1) is 6.92 Å². The zero-order valence-electron chi connectivity index (χ0n) is 20.1. The molecule has 0 saturated carbocycles. The molecule has 0 aliphatic carbocycles. The van der Waals surface area contributed by atoms with Gasteiger partial charge in [-0.05, 0) is 55.7 Å². The highest BCUT2D eigenvalue weighted by atomic mass is 16.5. The summed E-state index contributed by atoms with van der Waals surface area (Å²) in [6.45, 7) is 8.56. The number of rotatable bonds is 5. The van der Waals surface area contributed by atoms with Crippen molar-refractivity contribution in [1.82, 2.24) is 9.97 Å². The van der Waals surface area contributed by atoms with E-state index in [1.165, 1.54) is 35.2 Å². The molecule has 3 aliphatic heterocycles. The molecule has 0 N–H and O–H groups in total. The molecule has 2 saturated heterocycles. The van der Waals surface area contributed by atoms with Crippen molar-refractivity contribution in [1.29, 1.82) is 0 Å². The van der Waals surface area contributed by atoms with Gasteiger partial charge in [0.1, 0.15) is 5.82 Å². The van der Waals surface area contributed by atoms with Gasteiger partial charge in [-0.1, -0.05) is 26.0 Å². The fourth-order valence-corrected chi connectivity index (χ4v) is 5.88. The second kappa shape index (κ2) is 8.54. The van der Waals surface area contributed by atoms with E-state index in [9.17, 15) is 0 Å². The molecule has 1 aromatic carbocycles. The molecule has 4 heterocycles. The lowest BCUT2D eigenvalue weighted by Gasteiger charge is -2.41. The fourth-order valence-electron chi connectivity index (χ4n) is 5.88. The maximum Gasteiger partial charge on any atom is 0.318 e. The first-order valence-electron chi connectivity index (χ1n) is 12.1. The summed E-state index contributed by atoms with van der Waals surface area (Å²) < 4.78 is 11.3. The highest BCUT2D eigenvalue weighted by Crippen LogP contribution is 2.43. The van der Waals surface area contributed by atoms with Crippen LogP contribution in [0.4, 0.5) is 11.5 Å². The molecule has 2 bridgehead atoms. The average Bonchev–Trinajstić information content (AvgIpc) is 3.06. The Balaban J connectivity index is 1.52. The molecular weight excluding hydrogens is 400 g/mol. The third-order valence-electron chi connectivity index (χ3n) is 7.71. The lowest BCUT2D eigenvalue weighted by molar-refractivity contribution is 0.0681. The summed E-state index contributed by atoms with van der Waals surface area (Å²) in [6.07, 6.45) is 5.86. The van der Waals surface area contributed by atoms with Crippen molar-refractivity contribution in [3.05, 3.63) is 40.6 Å². The largest absolute Gasteiger partial charge is 0.467 e. The second-order valence-electron chi connectivity index (χ2n) is 9.95. The monoisotopic (exact) mass is 436 g/mol. The number of methoxy groups -OCH3 is 2. The van der Waals surface area contributed by atoms with Gasteiger partial charge in [0.05, 0.1) is 18.9 Å². The number of anilines is 2. The Labute approximate surface area is 191 Å². The van der Waals surface area contributed by atoms with Gasteiger partial charge in [0.25, 0.3) is 0 Å². The van der Waals surface area contributed by atoms with Gasteiger partial charge in [-0.3, -0.25) is 0 Å². The van der Waals surface area contributed by atoms with Crippen molar-refractivity contribution in [2.75, 3.05) is 30.6 Å². The SMILES string of the molecule is COc1nc2c(c(N3[C@@H]4CC[C@H]3CC(OC)C4)n1)CN(c1cc(C(C)C)ccc1C)CC2. The van der Waals surface area contributed by atoms with Crippen LogP contribution in [-0.2, 0) is 17.7 Å². The first kappa shape index (κ1) is 21.5. The Bertz CT molecular complexity index is 978. The van der Waals surface area contributed by atoms with E-state index < -0.39 is 0 Å². The minimum absolute atomic E-state index is 0.362. The van der Waals surface area contributed by atoms with Gasteiger partial charge in [-0.2, -0.15) is 9.97 Å². The Morgan fingerprint density at radius 1 is 1.06 bits per heavy atom. The molecular formula is C26H36N4O2. The van der Waals surface area contributed by atoms with E-state index in [1.807, 2.05) is 7.11 Å². The Morgan fingerprint density at radius 3 is 2.47 bits per heavy atom. The maximum absolute atomic E-state index is 5.74. The smallest absolute Gasteiger partial charge is 0.318 e. The fraction of sp³-hybridized carbons (Fsp3) is 0.615. The van der Waals surface area contributed by atoms with Crippen LogP contribution in [-0.4, -0.2) is 48.9 Å². The zero-order chi connectivity index (χ0) is 22.4. The lowest BCUT2D eigenvalue weighted by atomic mass is 9.96. The number of benzene rings is 1.